The number of Topliss-reactive ketones (excluding diaryl/α,β-unsaturated/α-hetero) is 2. The molecular formula is C17H14BrF2NO2. The Kier molecular flexibility index (Phi) is 5.26. The number of carbonyl (C=O) groups is 2. The molecule has 0 aromatic heterocycles. The Labute approximate surface area is 140 Å². The van der Waals surface area contributed by atoms with Crippen LogP contribution in [0.5, 0.6) is 0 Å². The minimum absolute atomic E-state index is 0.0217. The van der Waals surface area contributed by atoms with Crippen LogP contribution in [0.4, 0.5) is 14.5 Å². The summed E-state index contributed by atoms with van der Waals surface area (Å²) in [5, 5.41) is 0. The Hall–Kier alpha value is -2.08. The lowest BCUT2D eigenvalue weighted by atomic mass is 9.88. The third-order valence-corrected chi connectivity index (χ3v) is 4.18. The molecule has 0 aliphatic heterocycles. The summed E-state index contributed by atoms with van der Waals surface area (Å²) in [6, 6.07) is 8.50. The zero-order valence-corrected chi connectivity index (χ0v) is 13.9. The lowest BCUT2D eigenvalue weighted by Crippen LogP contribution is -2.17. The van der Waals surface area contributed by atoms with E-state index in [0.29, 0.717) is 0 Å². The van der Waals surface area contributed by atoms with Gasteiger partial charge in [-0.1, -0.05) is 18.2 Å². The van der Waals surface area contributed by atoms with Gasteiger partial charge in [0.1, 0.15) is 17.4 Å². The lowest BCUT2D eigenvalue weighted by molar-refractivity contribution is -0.118. The summed E-state index contributed by atoms with van der Waals surface area (Å²) >= 11 is 2.99. The van der Waals surface area contributed by atoms with Crippen LogP contribution in [0.2, 0.25) is 0 Å². The number of halogens is 3. The molecule has 1 unspecified atom stereocenters. The zero-order valence-electron chi connectivity index (χ0n) is 12.3. The normalized spacial score (nSPS) is 12.0. The van der Waals surface area contributed by atoms with Crippen molar-refractivity contribution in [1.29, 1.82) is 0 Å². The highest BCUT2D eigenvalue weighted by molar-refractivity contribution is 9.10. The Morgan fingerprint density at radius 3 is 2.43 bits per heavy atom. The van der Waals surface area contributed by atoms with Crippen molar-refractivity contribution in [2.75, 3.05) is 5.73 Å². The molecule has 2 rings (SSSR count). The van der Waals surface area contributed by atoms with Crippen LogP contribution in [0.25, 0.3) is 0 Å². The number of benzene rings is 2. The topological polar surface area (TPSA) is 60.2 Å². The van der Waals surface area contributed by atoms with Crippen molar-refractivity contribution in [2.45, 2.75) is 19.3 Å². The monoisotopic (exact) mass is 381 g/mol. The summed E-state index contributed by atoms with van der Waals surface area (Å²) < 4.78 is 28.1. The van der Waals surface area contributed by atoms with Crippen LogP contribution in [0, 0.1) is 11.6 Å². The van der Waals surface area contributed by atoms with E-state index >= 15 is 0 Å². The molecule has 2 N–H and O–H groups in total. The van der Waals surface area contributed by atoms with Crippen LogP contribution in [-0.4, -0.2) is 11.6 Å². The third kappa shape index (κ3) is 3.64. The molecule has 0 aliphatic carbocycles. The van der Waals surface area contributed by atoms with Crippen molar-refractivity contribution in [1.82, 2.24) is 0 Å². The van der Waals surface area contributed by atoms with Crippen molar-refractivity contribution in [3.8, 4) is 0 Å². The van der Waals surface area contributed by atoms with Gasteiger partial charge >= 0.3 is 0 Å². The Morgan fingerprint density at radius 1 is 1.17 bits per heavy atom. The lowest BCUT2D eigenvalue weighted by Gasteiger charge is -2.15. The molecule has 0 radical (unpaired) electrons. The molecule has 0 bridgehead atoms. The Bertz CT molecular complexity index is 777. The molecule has 120 valence electrons. The van der Waals surface area contributed by atoms with Crippen LogP contribution >= 0.6 is 15.9 Å². The fourth-order valence-electron chi connectivity index (χ4n) is 2.37. The van der Waals surface area contributed by atoms with E-state index in [0.717, 1.165) is 0 Å². The molecule has 1 atom stereocenters. The summed E-state index contributed by atoms with van der Waals surface area (Å²) in [4.78, 5) is 24.3. The predicted octanol–water partition coefficient (Wildman–Crippen LogP) is 4.26. The summed E-state index contributed by atoms with van der Waals surface area (Å²) in [7, 11) is 0. The molecule has 0 aliphatic rings. The highest BCUT2D eigenvalue weighted by Crippen LogP contribution is 2.30. The molecule has 0 amide bonds. The van der Waals surface area contributed by atoms with Gasteiger partial charge in [-0.3, -0.25) is 9.59 Å². The van der Waals surface area contributed by atoms with Crippen LogP contribution < -0.4 is 5.73 Å². The summed E-state index contributed by atoms with van der Waals surface area (Å²) in [5.41, 5.74) is 5.47. The number of anilines is 1. The van der Waals surface area contributed by atoms with Crippen LogP contribution in [0.3, 0.4) is 0 Å². The van der Waals surface area contributed by atoms with Gasteiger partial charge in [0.2, 0.25) is 0 Å². The zero-order chi connectivity index (χ0) is 17.1. The van der Waals surface area contributed by atoms with Gasteiger partial charge in [0.15, 0.2) is 5.78 Å². The van der Waals surface area contributed by atoms with E-state index in [1.807, 2.05) is 0 Å². The molecule has 2 aromatic carbocycles. The first-order chi connectivity index (χ1) is 10.8. The molecule has 3 nitrogen and oxygen atoms in total. The highest BCUT2D eigenvalue weighted by Gasteiger charge is 2.27. The van der Waals surface area contributed by atoms with Crippen molar-refractivity contribution in [3.05, 3.63) is 63.6 Å². The van der Waals surface area contributed by atoms with Crippen LogP contribution in [0.1, 0.15) is 35.2 Å². The van der Waals surface area contributed by atoms with Gasteiger partial charge in [0.05, 0.1) is 16.0 Å². The van der Waals surface area contributed by atoms with Gasteiger partial charge in [0, 0.05) is 12.1 Å². The molecule has 0 spiro atoms. The second kappa shape index (κ2) is 7.00. The molecule has 23 heavy (non-hydrogen) atoms. The maximum atomic E-state index is 14.1. The van der Waals surface area contributed by atoms with Gasteiger partial charge in [-0.05, 0) is 46.6 Å². The molecule has 0 heterocycles. The number of rotatable bonds is 5. The van der Waals surface area contributed by atoms with Gasteiger partial charge in [-0.25, -0.2) is 8.78 Å². The standard InChI is InChI=1S/C17H14BrF2NO2/c1-9(22)11(10-4-2-3-5-13(10)19)8-15(23)16-14(21)7-6-12(18)17(16)20/h2-7,11H,8,21H2,1H3. The second-order valence-electron chi connectivity index (χ2n) is 5.14. The summed E-state index contributed by atoms with van der Waals surface area (Å²) in [6.45, 7) is 1.27. The fourth-order valence-corrected chi connectivity index (χ4v) is 2.70. The number of nitrogens with two attached hydrogens (primary N) is 1. The Balaban J connectivity index is 2.39. The Morgan fingerprint density at radius 2 is 1.83 bits per heavy atom. The van der Waals surface area contributed by atoms with E-state index in [-0.39, 0.29) is 33.5 Å². The number of carbonyl (C=O) groups excluding carboxylic acids is 2. The molecule has 2 aromatic rings. The summed E-state index contributed by atoms with van der Waals surface area (Å²) in [6.07, 6.45) is -0.353. The first kappa shape index (κ1) is 17.3. The highest BCUT2D eigenvalue weighted by atomic mass is 79.9. The van der Waals surface area contributed by atoms with E-state index in [1.54, 1.807) is 6.07 Å². The predicted molar refractivity (Wildman–Crippen MR) is 87.3 cm³/mol. The van der Waals surface area contributed by atoms with Gasteiger partial charge in [0.25, 0.3) is 0 Å². The van der Waals surface area contributed by atoms with Crippen molar-refractivity contribution in [3.63, 3.8) is 0 Å². The SMILES string of the molecule is CC(=O)C(CC(=O)c1c(N)ccc(Br)c1F)c1ccccc1F. The first-order valence-corrected chi connectivity index (χ1v) is 7.63. The molecule has 0 saturated carbocycles. The van der Waals surface area contributed by atoms with Gasteiger partial charge in [-0.2, -0.15) is 0 Å². The van der Waals surface area contributed by atoms with Crippen molar-refractivity contribution in [2.24, 2.45) is 0 Å². The maximum Gasteiger partial charge on any atom is 0.169 e. The second-order valence-corrected chi connectivity index (χ2v) is 5.99. The third-order valence-electron chi connectivity index (χ3n) is 3.57. The van der Waals surface area contributed by atoms with Gasteiger partial charge < -0.3 is 5.73 Å². The quantitative estimate of drug-likeness (QED) is 0.621. The van der Waals surface area contributed by atoms with Crippen molar-refractivity contribution >= 4 is 33.2 Å². The molecule has 6 heteroatoms. The number of hydrogen-bond acceptors (Lipinski definition) is 3. The fraction of sp³-hybridized carbons (Fsp3) is 0.176. The average Bonchev–Trinajstić information content (AvgIpc) is 2.49. The van der Waals surface area contributed by atoms with Crippen molar-refractivity contribution < 1.29 is 18.4 Å². The summed E-state index contributed by atoms with van der Waals surface area (Å²) in [5.74, 6) is -3.38. The maximum absolute atomic E-state index is 14.1. The van der Waals surface area contributed by atoms with Gasteiger partial charge in [-0.15, -0.1) is 0 Å². The number of hydrogen-bond donors (Lipinski definition) is 1. The largest absolute Gasteiger partial charge is 0.398 e. The number of ketones is 2. The molecular weight excluding hydrogens is 368 g/mol. The van der Waals surface area contributed by atoms with E-state index in [4.69, 9.17) is 5.73 Å². The molecule has 0 fully saturated rings. The van der Waals surface area contributed by atoms with E-state index < -0.39 is 23.3 Å². The first-order valence-electron chi connectivity index (χ1n) is 6.84. The van der Waals surface area contributed by atoms with E-state index in [1.165, 1.54) is 37.3 Å². The molecule has 0 saturated heterocycles. The average molecular weight is 382 g/mol. The van der Waals surface area contributed by atoms with E-state index in [2.05, 4.69) is 15.9 Å². The minimum atomic E-state index is -0.985. The van der Waals surface area contributed by atoms with Crippen LogP contribution in [-0.2, 0) is 4.79 Å². The van der Waals surface area contributed by atoms with Crippen LogP contribution in [0.15, 0.2) is 40.9 Å². The number of nitrogen functional groups attached to an aromatic ring is 1. The minimum Gasteiger partial charge on any atom is -0.398 e. The van der Waals surface area contributed by atoms with E-state index in [9.17, 15) is 18.4 Å². The smallest absolute Gasteiger partial charge is 0.169 e.